The molecule has 3 heteroatoms. The minimum atomic E-state index is 0.453. The van der Waals surface area contributed by atoms with E-state index in [9.17, 15) is 0 Å². The van der Waals surface area contributed by atoms with Crippen molar-refractivity contribution >= 4 is 23.0 Å². The normalized spacial score (nSPS) is 11.9. The maximum Gasteiger partial charge on any atom is 0.0739 e. The lowest BCUT2D eigenvalue weighted by molar-refractivity contribution is 1.31. The van der Waals surface area contributed by atoms with Gasteiger partial charge in [-0.05, 0) is 11.6 Å². The third-order valence-electron chi connectivity index (χ3n) is 1.95. The van der Waals surface area contributed by atoms with E-state index in [1.54, 1.807) is 0 Å². The van der Waals surface area contributed by atoms with Gasteiger partial charge in [0.1, 0.15) is 0 Å². The van der Waals surface area contributed by atoms with Gasteiger partial charge in [-0.1, -0.05) is 18.2 Å². The van der Waals surface area contributed by atoms with Gasteiger partial charge in [-0.25, -0.2) is 0 Å². The topological polar surface area (TPSA) is 36.1 Å². The fourth-order valence-corrected chi connectivity index (χ4v) is 1.39. The van der Waals surface area contributed by atoms with Crippen LogP contribution in [-0.2, 0) is 6.42 Å². The van der Waals surface area contributed by atoms with Gasteiger partial charge in [0, 0.05) is 18.5 Å². The molecule has 0 spiro atoms. The quantitative estimate of drug-likeness (QED) is 0.651. The monoisotopic (exact) mass is 206 g/mol. The van der Waals surface area contributed by atoms with Crippen LogP contribution in [0.3, 0.4) is 0 Å². The van der Waals surface area contributed by atoms with Gasteiger partial charge in [0.2, 0.25) is 0 Å². The average Bonchev–Trinajstić information content (AvgIpc) is 2.63. The fourth-order valence-electron chi connectivity index (χ4n) is 1.39. The van der Waals surface area contributed by atoms with E-state index in [4.69, 9.17) is 5.26 Å². The summed E-state index contributed by atoms with van der Waals surface area (Å²) in [5, 5.41) is 8.47. The zero-order chi connectivity index (χ0) is 10.4. The number of benzene rings is 1. The number of hydrogen-bond donors (Lipinski definition) is 0. The van der Waals surface area contributed by atoms with E-state index in [0.29, 0.717) is 6.42 Å². The highest BCUT2D eigenvalue weighted by Crippen LogP contribution is 2.26. The van der Waals surface area contributed by atoms with Gasteiger partial charge >= 0.3 is 0 Å². The Hall–Kier alpha value is -1.33. The van der Waals surface area contributed by atoms with Gasteiger partial charge in [-0.2, -0.15) is 5.26 Å². The molecule has 72 valence electrons. The van der Waals surface area contributed by atoms with Crippen LogP contribution in [0.2, 0.25) is 0 Å². The first-order valence-electron chi connectivity index (χ1n) is 4.29. The number of aliphatic imine (C=N–C) groups is 1. The molecule has 0 saturated carbocycles. The molecule has 1 aliphatic heterocycles. The molecule has 0 aliphatic carbocycles. The minimum Gasteiger partial charge on any atom is -0.256 e. The first kappa shape index (κ1) is 10.7. The highest BCUT2D eigenvalue weighted by Gasteiger charge is 2.12. The second-order valence-electron chi connectivity index (χ2n) is 2.82. The van der Waals surface area contributed by atoms with Crippen molar-refractivity contribution in [2.24, 2.45) is 4.99 Å². The molecule has 0 radical (unpaired) electrons. The van der Waals surface area contributed by atoms with Crippen molar-refractivity contribution < 1.29 is 0 Å². The SMILES string of the molecule is CCl.N#CCC1=Nc2ccccc2C1. The van der Waals surface area contributed by atoms with E-state index in [-0.39, 0.29) is 0 Å². The molecule has 2 nitrogen and oxygen atoms in total. The number of nitriles is 1. The van der Waals surface area contributed by atoms with Gasteiger partial charge in [0.25, 0.3) is 0 Å². The minimum absolute atomic E-state index is 0.453. The first-order chi connectivity index (χ1) is 6.90. The number of hydrogen-bond acceptors (Lipinski definition) is 2. The lowest BCUT2D eigenvalue weighted by Gasteiger charge is -1.92. The summed E-state index contributed by atoms with van der Waals surface area (Å²) in [6.45, 7) is 0. The van der Waals surface area contributed by atoms with Crippen LogP contribution in [0.25, 0.3) is 0 Å². The largest absolute Gasteiger partial charge is 0.256 e. The molecular formula is C11H11ClN2. The van der Waals surface area contributed by atoms with Crippen LogP contribution >= 0.6 is 11.6 Å². The Bertz CT molecular complexity index is 377. The summed E-state index contributed by atoms with van der Waals surface area (Å²) in [6.07, 6.45) is 2.78. The summed E-state index contributed by atoms with van der Waals surface area (Å²) in [5.74, 6) is 0. The maximum absolute atomic E-state index is 8.47. The Morgan fingerprint density at radius 1 is 1.43 bits per heavy atom. The molecule has 0 unspecified atom stereocenters. The van der Waals surface area contributed by atoms with Crippen molar-refractivity contribution in [3.05, 3.63) is 29.8 Å². The Labute approximate surface area is 88.8 Å². The molecule has 1 aromatic rings. The molecular weight excluding hydrogens is 196 g/mol. The van der Waals surface area contributed by atoms with Crippen LogP contribution in [0.5, 0.6) is 0 Å². The van der Waals surface area contributed by atoms with Crippen molar-refractivity contribution in [2.75, 3.05) is 6.38 Å². The van der Waals surface area contributed by atoms with Gasteiger partial charge < -0.3 is 0 Å². The molecule has 0 aromatic heterocycles. The highest BCUT2D eigenvalue weighted by atomic mass is 35.5. The maximum atomic E-state index is 8.47. The predicted octanol–water partition coefficient (Wildman–Crippen LogP) is 3.08. The van der Waals surface area contributed by atoms with Crippen LogP contribution in [-0.4, -0.2) is 12.1 Å². The van der Waals surface area contributed by atoms with E-state index < -0.39 is 0 Å². The van der Waals surface area contributed by atoms with Crippen molar-refractivity contribution in [3.8, 4) is 6.07 Å². The average molecular weight is 207 g/mol. The molecule has 0 bridgehead atoms. The Balaban J connectivity index is 0.000000461. The van der Waals surface area contributed by atoms with Crippen LogP contribution in [0.15, 0.2) is 29.3 Å². The summed E-state index contributed by atoms with van der Waals surface area (Å²) < 4.78 is 0. The lowest BCUT2D eigenvalue weighted by Crippen LogP contribution is -1.94. The molecule has 2 rings (SSSR count). The van der Waals surface area contributed by atoms with Crippen LogP contribution in [0.1, 0.15) is 12.0 Å². The zero-order valence-electron chi connectivity index (χ0n) is 8.00. The van der Waals surface area contributed by atoms with E-state index in [1.807, 2.05) is 18.2 Å². The van der Waals surface area contributed by atoms with Crippen LogP contribution < -0.4 is 0 Å². The molecule has 0 fully saturated rings. The number of alkyl halides is 1. The Kier molecular flexibility index (Phi) is 4.15. The number of nitrogens with zero attached hydrogens (tertiary/aromatic N) is 2. The predicted molar refractivity (Wildman–Crippen MR) is 59.2 cm³/mol. The third-order valence-corrected chi connectivity index (χ3v) is 1.95. The number of halogens is 1. The summed E-state index contributed by atoms with van der Waals surface area (Å²) in [7, 11) is 0. The zero-order valence-corrected chi connectivity index (χ0v) is 8.75. The summed E-state index contributed by atoms with van der Waals surface area (Å²) in [6, 6.07) is 10.1. The van der Waals surface area contributed by atoms with Crippen molar-refractivity contribution in [1.82, 2.24) is 0 Å². The van der Waals surface area contributed by atoms with Gasteiger partial charge in [0.05, 0.1) is 18.2 Å². The summed E-state index contributed by atoms with van der Waals surface area (Å²) in [4.78, 5) is 4.34. The first-order valence-corrected chi connectivity index (χ1v) is 5.05. The molecule has 1 heterocycles. The second kappa shape index (κ2) is 5.41. The van der Waals surface area contributed by atoms with Crippen LogP contribution in [0, 0.1) is 11.3 Å². The van der Waals surface area contributed by atoms with E-state index in [1.165, 1.54) is 11.9 Å². The molecule has 0 saturated heterocycles. The van der Waals surface area contributed by atoms with E-state index >= 15 is 0 Å². The fraction of sp³-hybridized carbons (Fsp3) is 0.273. The lowest BCUT2D eigenvalue weighted by atomic mass is 10.1. The number of rotatable bonds is 1. The standard InChI is InChI=1S/C10H8N2.CH3Cl/c11-6-5-9-7-8-3-1-2-4-10(8)12-9;1-2/h1-4H,5,7H2;1H3. The van der Waals surface area contributed by atoms with Crippen molar-refractivity contribution in [3.63, 3.8) is 0 Å². The third kappa shape index (κ3) is 2.34. The summed E-state index contributed by atoms with van der Waals surface area (Å²) in [5.41, 5.74) is 3.25. The second-order valence-corrected chi connectivity index (χ2v) is 2.82. The van der Waals surface area contributed by atoms with Gasteiger partial charge in [-0.15, -0.1) is 11.6 Å². The molecule has 1 aliphatic rings. The van der Waals surface area contributed by atoms with Gasteiger partial charge in [0.15, 0.2) is 0 Å². The Morgan fingerprint density at radius 2 is 2.14 bits per heavy atom. The van der Waals surface area contributed by atoms with Crippen molar-refractivity contribution in [1.29, 1.82) is 5.26 Å². The van der Waals surface area contributed by atoms with E-state index in [2.05, 4.69) is 28.7 Å². The molecule has 14 heavy (non-hydrogen) atoms. The molecule has 0 amide bonds. The van der Waals surface area contributed by atoms with Crippen LogP contribution in [0.4, 0.5) is 5.69 Å². The molecule has 1 aromatic carbocycles. The molecule has 0 atom stereocenters. The highest BCUT2D eigenvalue weighted by molar-refractivity contribution is 6.15. The smallest absolute Gasteiger partial charge is 0.0739 e. The summed E-state index contributed by atoms with van der Waals surface area (Å²) >= 11 is 4.64. The van der Waals surface area contributed by atoms with E-state index in [0.717, 1.165) is 17.8 Å². The van der Waals surface area contributed by atoms with Crippen molar-refractivity contribution in [2.45, 2.75) is 12.8 Å². The Morgan fingerprint density at radius 3 is 2.79 bits per heavy atom. The molecule has 0 N–H and O–H groups in total. The number of fused-ring (bicyclic) bond motifs is 1. The van der Waals surface area contributed by atoms with Gasteiger partial charge in [-0.3, -0.25) is 4.99 Å². The number of para-hydroxylation sites is 1.